The zero-order chi connectivity index (χ0) is 20.2. The maximum Gasteiger partial charge on any atom is 0.312 e. The number of halogens is 1. The average Bonchev–Trinajstić information content (AvgIpc) is 3.16. The molecule has 0 aliphatic heterocycles. The molecule has 1 unspecified atom stereocenters. The van der Waals surface area contributed by atoms with Crippen molar-refractivity contribution in [2.45, 2.75) is 38.1 Å². The van der Waals surface area contributed by atoms with Crippen LogP contribution < -0.4 is 10.5 Å². The van der Waals surface area contributed by atoms with E-state index in [9.17, 15) is 4.79 Å². The van der Waals surface area contributed by atoms with Gasteiger partial charge in [-0.1, -0.05) is 54.1 Å². The number of hydrogen-bond acceptors (Lipinski definition) is 3. The average molecular weight is 406 g/mol. The Labute approximate surface area is 176 Å². The number of aryl methyl sites for hydroxylation is 2. The van der Waals surface area contributed by atoms with Gasteiger partial charge in [0.2, 0.25) is 0 Å². The number of rotatable bonds is 6. The van der Waals surface area contributed by atoms with Crippen molar-refractivity contribution in [1.82, 2.24) is 0 Å². The van der Waals surface area contributed by atoms with Crippen LogP contribution in [-0.4, -0.2) is 12.0 Å². The van der Waals surface area contributed by atoms with Crippen LogP contribution in [0.15, 0.2) is 66.7 Å². The molecule has 0 saturated carbocycles. The standard InChI is InChI=1S/C25H24ClNO2/c26-22-6-2-5-20(14-22)19-9-7-17(8-10-19)13-23(27)16-25(28)29-24-12-11-18-3-1-4-21(18)15-24/h2,5-12,14-15,23H,1,3-4,13,16,27H2. The highest BCUT2D eigenvalue weighted by Gasteiger charge is 2.15. The predicted octanol–water partition coefficient (Wildman–Crippen LogP) is 5.36. The Bertz CT molecular complexity index is 1010. The molecule has 4 heteroatoms. The summed E-state index contributed by atoms with van der Waals surface area (Å²) in [6, 6.07) is 21.6. The van der Waals surface area contributed by atoms with Gasteiger partial charge in [-0.2, -0.15) is 0 Å². The third-order valence-corrected chi connectivity index (χ3v) is 5.58. The first kappa shape index (κ1) is 19.7. The second kappa shape index (κ2) is 8.81. The lowest BCUT2D eigenvalue weighted by atomic mass is 10.00. The van der Waals surface area contributed by atoms with E-state index in [2.05, 4.69) is 18.2 Å². The van der Waals surface area contributed by atoms with Crippen molar-refractivity contribution in [1.29, 1.82) is 0 Å². The van der Waals surface area contributed by atoms with Gasteiger partial charge in [-0.3, -0.25) is 4.79 Å². The van der Waals surface area contributed by atoms with Crippen LogP contribution in [-0.2, 0) is 24.1 Å². The monoisotopic (exact) mass is 405 g/mol. The van der Waals surface area contributed by atoms with E-state index in [0.29, 0.717) is 12.2 Å². The predicted molar refractivity (Wildman–Crippen MR) is 117 cm³/mol. The van der Waals surface area contributed by atoms with Crippen molar-refractivity contribution < 1.29 is 9.53 Å². The molecule has 1 atom stereocenters. The molecule has 1 aliphatic rings. The van der Waals surface area contributed by atoms with Gasteiger partial charge in [0, 0.05) is 11.1 Å². The normalized spacial score (nSPS) is 13.7. The van der Waals surface area contributed by atoms with E-state index in [-0.39, 0.29) is 18.4 Å². The zero-order valence-electron chi connectivity index (χ0n) is 16.2. The van der Waals surface area contributed by atoms with E-state index >= 15 is 0 Å². The minimum absolute atomic E-state index is 0.188. The Hall–Kier alpha value is -2.62. The first-order valence-corrected chi connectivity index (χ1v) is 10.4. The summed E-state index contributed by atoms with van der Waals surface area (Å²) >= 11 is 6.07. The lowest BCUT2D eigenvalue weighted by Crippen LogP contribution is -2.28. The van der Waals surface area contributed by atoms with Gasteiger partial charge >= 0.3 is 5.97 Å². The van der Waals surface area contributed by atoms with Crippen LogP contribution in [0.3, 0.4) is 0 Å². The molecule has 148 valence electrons. The Kier molecular flexibility index (Phi) is 5.98. The third kappa shape index (κ3) is 5.06. The summed E-state index contributed by atoms with van der Waals surface area (Å²) in [6.45, 7) is 0. The topological polar surface area (TPSA) is 52.3 Å². The van der Waals surface area contributed by atoms with E-state index in [0.717, 1.165) is 34.6 Å². The SMILES string of the molecule is NC(CC(=O)Oc1ccc2c(c1)CCC2)Cc1ccc(-c2cccc(Cl)c2)cc1. The molecule has 4 rings (SSSR count). The summed E-state index contributed by atoms with van der Waals surface area (Å²) in [5, 5.41) is 0.718. The first-order chi connectivity index (χ1) is 14.1. The number of esters is 1. The van der Waals surface area contributed by atoms with Gasteiger partial charge in [0.15, 0.2) is 0 Å². The van der Waals surface area contributed by atoms with Gasteiger partial charge < -0.3 is 10.5 Å². The minimum atomic E-state index is -0.286. The second-order valence-corrected chi connectivity index (χ2v) is 8.07. The number of carbonyl (C=O) groups is 1. The number of fused-ring (bicyclic) bond motifs is 1. The first-order valence-electron chi connectivity index (χ1n) is 10.00. The Morgan fingerprint density at radius 1 is 0.966 bits per heavy atom. The zero-order valence-corrected chi connectivity index (χ0v) is 17.0. The summed E-state index contributed by atoms with van der Waals surface area (Å²) in [5.74, 6) is 0.333. The number of hydrogen-bond donors (Lipinski definition) is 1. The van der Waals surface area contributed by atoms with Gasteiger partial charge in [-0.15, -0.1) is 0 Å². The van der Waals surface area contributed by atoms with E-state index in [1.54, 1.807) is 0 Å². The summed E-state index contributed by atoms with van der Waals surface area (Å²) in [5.41, 5.74) is 12.1. The quantitative estimate of drug-likeness (QED) is 0.443. The Morgan fingerprint density at radius 2 is 1.76 bits per heavy atom. The molecule has 0 heterocycles. The molecule has 3 aromatic carbocycles. The molecule has 0 saturated heterocycles. The lowest BCUT2D eigenvalue weighted by Gasteiger charge is -2.12. The summed E-state index contributed by atoms with van der Waals surface area (Å²) in [4.78, 5) is 12.3. The molecule has 0 aromatic heterocycles. The van der Waals surface area contributed by atoms with Gasteiger partial charge in [0.25, 0.3) is 0 Å². The van der Waals surface area contributed by atoms with Crippen molar-refractivity contribution in [2.75, 3.05) is 0 Å². The lowest BCUT2D eigenvalue weighted by molar-refractivity contribution is -0.134. The molecule has 2 N–H and O–H groups in total. The number of benzene rings is 3. The van der Waals surface area contributed by atoms with E-state index in [4.69, 9.17) is 22.1 Å². The highest BCUT2D eigenvalue weighted by Crippen LogP contribution is 2.26. The number of ether oxygens (including phenoxy) is 1. The van der Waals surface area contributed by atoms with Crippen molar-refractivity contribution >= 4 is 17.6 Å². The molecule has 0 fully saturated rings. The van der Waals surface area contributed by atoms with Crippen LogP contribution in [0.4, 0.5) is 0 Å². The van der Waals surface area contributed by atoms with Crippen LogP contribution in [0, 0.1) is 0 Å². The van der Waals surface area contributed by atoms with E-state index in [1.165, 1.54) is 17.5 Å². The van der Waals surface area contributed by atoms with Crippen LogP contribution in [0.1, 0.15) is 29.5 Å². The maximum atomic E-state index is 12.3. The van der Waals surface area contributed by atoms with E-state index in [1.807, 2.05) is 48.5 Å². The summed E-state index contributed by atoms with van der Waals surface area (Å²) < 4.78 is 5.50. The summed E-state index contributed by atoms with van der Waals surface area (Å²) in [7, 11) is 0. The molecule has 0 amide bonds. The molecular formula is C25H24ClNO2. The fourth-order valence-electron chi connectivity index (χ4n) is 3.88. The van der Waals surface area contributed by atoms with Crippen molar-refractivity contribution in [2.24, 2.45) is 5.73 Å². The highest BCUT2D eigenvalue weighted by molar-refractivity contribution is 6.30. The molecule has 3 nitrogen and oxygen atoms in total. The van der Waals surface area contributed by atoms with Gasteiger partial charge in [-0.25, -0.2) is 0 Å². The van der Waals surface area contributed by atoms with Gasteiger partial charge in [-0.05, 0) is 77.8 Å². The van der Waals surface area contributed by atoms with Crippen LogP contribution in [0.5, 0.6) is 5.75 Å². The fraction of sp³-hybridized carbons (Fsp3) is 0.240. The number of carbonyl (C=O) groups excluding carboxylic acids is 1. The largest absolute Gasteiger partial charge is 0.426 e. The molecule has 0 radical (unpaired) electrons. The number of nitrogens with two attached hydrogens (primary N) is 1. The third-order valence-electron chi connectivity index (χ3n) is 5.34. The molecule has 1 aliphatic carbocycles. The van der Waals surface area contributed by atoms with Crippen molar-refractivity contribution in [3.63, 3.8) is 0 Å². The van der Waals surface area contributed by atoms with Crippen LogP contribution >= 0.6 is 11.6 Å². The molecular weight excluding hydrogens is 382 g/mol. The molecule has 0 bridgehead atoms. The Balaban J connectivity index is 1.32. The molecule has 3 aromatic rings. The van der Waals surface area contributed by atoms with E-state index < -0.39 is 0 Å². The second-order valence-electron chi connectivity index (χ2n) is 7.63. The molecule has 29 heavy (non-hydrogen) atoms. The Morgan fingerprint density at radius 3 is 2.55 bits per heavy atom. The maximum absolute atomic E-state index is 12.3. The minimum Gasteiger partial charge on any atom is -0.426 e. The smallest absolute Gasteiger partial charge is 0.312 e. The highest BCUT2D eigenvalue weighted by atomic mass is 35.5. The fourth-order valence-corrected chi connectivity index (χ4v) is 4.07. The van der Waals surface area contributed by atoms with Gasteiger partial charge in [0.1, 0.15) is 5.75 Å². The van der Waals surface area contributed by atoms with Crippen molar-refractivity contribution in [3.05, 3.63) is 88.4 Å². The summed E-state index contributed by atoms with van der Waals surface area (Å²) in [6.07, 6.45) is 4.16. The van der Waals surface area contributed by atoms with Crippen LogP contribution in [0.25, 0.3) is 11.1 Å². The van der Waals surface area contributed by atoms with Crippen LogP contribution in [0.2, 0.25) is 5.02 Å². The van der Waals surface area contributed by atoms with Gasteiger partial charge in [0.05, 0.1) is 6.42 Å². The van der Waals surface area contributed by atoms with Crippen molar-refractivity contribution in [3.8, 4) is 16.9 Å². The molecule has 0 spiro atoms.